The molecule has 1 aromatic heterocycles. The molecule has 2 aromatic carbocycles. The van der Waals surface area contributed by atoms with Crippen LogP contribution < -0.4 is 10.2 Å². The van der Waals surface area contributed by atoms with Gasteiger partial charge in [-0.25, -0.2) is 4.39 Å². The first-order valence-electron chi connectivity index (χ1n) is 9.03. The topological polar surface area (TPSA) is 67.4 Å². The highest BCUT2D eigenvalue weighted by atomic mass is 19.1. The highest BCUT2D eigenvalue weighted by molar-refractivity contribution is 6.04. The summed E-state index contributed by atoms with van der Waals surface area (Å²) in [5.41, 5.74) is 2.54. The lowest BCUT2D eigenvalue weighted by atomic mass is 10.1. The second-order valence-corrected chi connectivity index (χ2v) is 6.42. The summed E-state index contributed by atoms with van der Waals surface area (Å²) < 4.78 is 18.6. The van der Waals surface area contributed by atoms with Crippen molar-refractivity contribution in [2.75, 3.05) is 36.5 Å². The maximum atomic E-state index is 13.3. The molecule has 0 spiro atoms. The molecule has 2 heterocycles. The van der Waals surface area contributed by atoms with Crippen molar-refractivity contribution in [3.63, 3.8) is 0 Å². The molecule has 0 bridgehead atoms. The zero-order valence-corrected chi connectivity index (χ0v) is 15.1. The highest BCUT2D eigenvalue weighted by Crippen LogP contribution is 2.21. The molecule has 4 rings (SSSR count). The molecular weight excluding hydrogens is 359 g/mol. The summed E-state index contributed by atoms with van der Waals surface area (Å²) in [7, 11) is 0. The fraction of sp³-hybridized carbons (Fsp3) is 0.190. The number of anilines is 2. The Bertz CT molecular complexity index is 955. The van der Waals surface area contributed by atoms with Gasteiger partial charge in [0.2, 0.25) is 0 Å². The van der Waals surface area contributed by atoms with Crippen molar-refractivity contribution in [2.45, 2.75) is 0 Å². The van der Waals surface area contributed by atoms with E-state index in [0.717, 1.165) is 30.2 Å². The average Bonchev–Trinajstić information content (AvgIpc) is 2.75. The number of hydrogen-bond donors (Lipinski definition) is 1. The Morgan fingerprint density at radius 1 is 1.00 bits per heavy atom. The quantitative estimate of drug-likeness (QED) is 0.754. The lowest BCUT2D eigenvalue weighted by Crippen LogP contribution is -2.36. The molecular formula is C21H19FN4O2. The fourth-order valence-electron chi connectivity index (χ4n) is 3.00. The van der Waals surface area contributed by atoms with Crippen molar-refractivity contribution in [1.29, 1.82) is 0 Å². The highest BCUT2D eigenvalue weighted by Gasteiger charge is 2.13. The lowest BCUT2D eigenvalue weighted by Gasteiger charge is -2.27. The van der Waals surface area contributed by atoms with Crippen LogP contribution in [0.2, 0.25) is 0 Å². The van der Waals surface area contributed by atoms with Crippen LogP contribution in [0.5, 0.6) is 0 Å². The van der Waals surface area contributed by atoms with Gasteiger partial charge in [-0.15, -0.1) is 10.2 Å². The van der Waals surface area contributed by atoms with E-state index in [1.165, 1.54) is 18.2 Å². The SMILES string of the molecule is O=C(Nc1ccc(-c2ccc(N3CCOCC3)nn2)cc1)c1cccc(F)c1. The summed E-state index contributed by atoms with van der Waals surface area (Å²) in [6, 6.07) is 16.7. The summed E-state index contributed by atoms with van der Waals surface area (Å²) in [5.74, 6) is 0.0371. The largest absolute Gasteiger partial charge is 0.378 e. The number of ether oxygens (including phenoxy) is 1. The van der Waals surface area contributed by atoms with Crippen LogP contribution in [0, 0.1) is 5.82 Å². The van der Waals surface area contributed by atoms with Gasteiger partial charge in [0.1, 0.15) is 5.82 Å². The molecule has 7 heteroatoms. The zero-order chi connectivity index (χ0) is 19.3. The number of rotatable bonds is 4. The Kier molecular flexibility index (Phi) is 5.25. The number of aromatic nitrogens is 2. The molecule has 1 fully saturated rings. The molecule has 1 amide bonds. The van der Waals surface area contributed by atoms with Crippen molar-refractivity contribution >= 4 is 17.4 Å². The first-order valence-corrected chi connectivity index (χ1v) is 9.03. The van der Waals surface area contributed by atoms with Crippen LogP contribution in [0.3, 0.4) is 0 Å². The molecule has 0 radical (unpaired) electrons. The standard InChI is InChI=1S/C21H19FN4O2/c22-17-3-1-2-16(14-17)21(27)23-18-6-4-15(5-7-18)19-8-9-20(25-24-19)26-10-12-28-13-11-26/h1-9,14H,10-13H2,(H,23,27). The van der Waals surface area contributed by atoms with Crippen LogP contribution >= 0.6 is 0 Å². The van der Waals surface area contributed by atoms with Crippen LogP contribution in [0.25, 0.3) is 11.3 Å². The Morgan fingerprint density at radius 2 is 1.79 bits per heavy atom. The number of morpholine rings is 1. The Balaban J connectivity index is 1.43. The Labute approximate surface area is 162 Å². The predicted octanol–water partition coefficient (Wildman–Crippen LogP) is 3.37. The number of halogens is 1. The Hall–Kier alpha value is -3.32. The van der Waals surface area contributed by atoms with Gasteiger partial charge >= 0.3 is 0 Å². The van der Waals surface area contributed by atoms with E-state index in [1.807, 2.05) is 24.3 Å². The van der Waals surface area contributed by atoms with E-state index in [1.54, 1.807) is 18.2 Å². The minimum atomic E-state index is -0.443. The van der Waals surface area contributed by atoms with Crippen molar-refractivity contribution in [2.24, 2.45) is 0 Å². The van der Waals surface area contributed by atoms with Gasteiger partial charge in [-0.3, -0.25) is 4.79 Å². The van der Waals surface area contributed by atoms with Crippen molar-refractivity contribution < 1.29 is 13.9 Å². The van der Waals surface area contributed by atoms with Crippen LogP contribution in [0.15, 0.2) is 60.7 Å². The third kappa shape index (κ3) is 4.15. The van der Waals surface area contributed by atoms with Gasteiger partial charge in [0.25, 0.3) is 5.91 Å². The van der Waals surface area contributed by atoms with E-state index in [0.29, 0.717) is 18.9 Å². The molecule has 28 heavy (non-hydrogen) atoms. The van der Waals surface area contributed by atoms with Crippen LogP contribution in [0.4, 0.5) is 15.9 Å². The van der Waals surface area contributed by atoms with E-state index < -0.39 is 5.82 Å². The van der Waals surface area contributed by atoms with Crippen molar-refractivity contribution in [1.82, 2.24) is 10.2 Å². The van der Waals surface area contributed by atoms with Gasteiger partial charge in [0.05, 0.1) is 18.9 Å². The summed E-state index contributed by atoms with van der Waals surface area (Å²) in [6.45, 7) is 3.03. The molecule has 1 saturated heterocycles. The molecule has 6 nitrogen and oxygen atoms in total. The molecule has 0 aliphatic carbocycles. The maximum Gasteiger partial charge on any atom is 0.255 e. The molecule has 0 saturated carbocycles. The summed E-state index contributed by atoms with van der Waals surface area (Å²) in [4.78, 5) is 14.3. The third-order valence-corrected chi connectivity index (χ3v) is 4.51. The normalized spacial score (nSPS) is 14.0. The monoisotopic (exact) mass is 378 g/mol. The molecule has 1 aliphatic rings. The van der Waals surface area contributed by atoms with Gasteiger partial charge < -0.3 is 15.0 Å². The van der Waals surface area contributed by atoms with Crippen molar-refractivity contribution in [3.05, 3.63) is 72.0 Å². The molecule has 0 atom stereocenters. The third-order valence-electron chi connectivity index (χ3n) is 4.51. The van der Waals surface area contributed by atoms with E-state index >= 15 is 0 Å². The maximum absolute atomic E-state index is 13.3. The molecule has 0 unspecified atom stereocenters. The van der Waals surface area contributed by atoms with Crippen LogP contribution in [-0.2, 0) is 4.74 Å². The average molecular weight is 378 g/mol. The minimum absolute atomic E-state index is 0.272. The number of carbonyl (C=O) groups is 1. The van der Waals surface area contributed by atoms with E-state index in [2.05, 4.69) is 20.4 Å². The number of carbonyl (C=O) groups excluding carboxylic acids is 1. The number of nitrogens with zero attached hydrogens (tertiary/aromatic N) is 3. The minimum Gasteiger partial charge on any atom is -0.378 e. The Morgan fingerprint density at radius 3 is 2.46 bits per heavy atom. The number of hydrogen-bond acceptors (Lipinski definition) is 5. The second-order valence-electron chi connectivity index (χ2n) is 6.42. The van der Waals surface area contributed by atoms with Crippen molar-refractivity contribution in [3.8, 4) is 11.3 Å². The second kappa shape index (κ2) is 8.14. The molecule has 1 aliphatic heterocycles. The van der Waals surface area contributed by atoms with Gasteiger partial charge in [-0.05, 0) is 42.5 Å². The fourth-order valence-corrected chi connectivity index (χ4v) is 3.00. The number of amides is 1. The first kappa shape index (κ1) is 18.1. The lowest BCUT2D eigenvalue weighted by molar-refractivity contribution is 0.102. The first-order chi connectivity index (χ1) is 13.7. The van der Waals surface area contributed by atoms with Gasteiger partial charge in [-0.1, -0.05) is 18.2 Å². The molecule has 142 valence electrons. The molecule has 3 aromatic rings. The van der Waals surface area contributed by atoms with E-state index in [-0.39, 0.29) is 11.5 Å². The predicted molar refractivity (Wildman–Crippen MR) is 105 cm³/mol. The van der Waals surface area contributed by atoms with Gasteiger partial charge in [0.15, 0.2) is 5.82 Å². The van der Waals surface area contributed by atoms with Gasteiger partial charge in [-0.2, -0.15) is 0 Å². The number of benzene rings is 2. The smallest absolute Gasteiger partial charge is 0.255 e. The van der Waals surface area contributed by atoms with E-state index in [9.17, 15) is 9.18 Å². The zero-order valence-electron chi connectivity index (χ0n) is 15.1. The number of nitrogens with one attached hydrogen (secondary N) is 1. The van der Waals surface area contributed by atoms with Crippen LogP contribution in [-0.4, -0.2) is 42.4 Å². The summed E-state index contributed by atoms with van der Waals surface area (Å²) in [6.07, 6.45) is 0. The van der Waals surface area contributed by atoms with Crippen LogP contribution in [0.1, 0.15) is 10.4 Å². The summed E-state index contributed by atoms with van der Waals surface area (Å²) >= 11 is 0. The van der Waals surface area contributed by atoms with Gasteiger partial charge in [0, 0.05) is 29.9 Å². The molecule has 1 N–H and O–H groups in total. The summed E-state index contributed by atoms with van der Waals surface area (Å²) in [5, 5.41) is 11.4. The van der Waals surface area contributed by atoms with E-state index in [4.69, 9.17) is 4.74 Å².